The quantitative estimate of drug-likeness (QED) is 0.138. The largest absolute Gasteiger partial charge is 0.488 e. The van der Waals surface area contributed by atoms with E-state index in [1.165, 1.54) is 57.1 Å². The summed E-state index contributed by atoms with van der Waals surface area (Å²) in [7, 11) is 0. The minimum absolute atomic E-state index is 0.0711. The Balaban J connectivity index is 1.51. The van der Waals surface area contributed by atoms with E-state index in [0.29, 0.717) is 18.8 Å². The van der Waals surface area contributed by atoms with Crippen LogP contribution in [0.15, 0.2) is 65.8 Å². The molecule has 0 saturated carbocycles. The van der Waals surface area contributed by atoms with Gasteiger partial charge in [-0.25, -0.2) is 9.82 Å². The third kappa shape index (κ3) is 9.16. The van der Waals surface area contributed by atoms with Crippen molar-refractivity contribution in [3.8, 4) is 5.75 Å². The zero-order chi connectivity index (χ0) is 24.7. The highest BCUT2D eigenvalue weighted by Gasteiger charge is 2.08. The van der Waals surface area contributed by atoms with Crippen molar-refractivity contribution in [2.75, 3.05) is 0 Å². The van der Waals surface area contributed by atoms with Crippen LogP contribution in [-0.4, -0.2) is 12.1 Å². The molecule has 1 N–H and O–H groups in total. The Labute approximate surface area is 208 Å². The lowest BCUT2D eigenvalue weighted by atomic mass is 10.0. The molecule has 35 heavy (non-hydrogen) atoms. The van der Waals surface area contributed by atoms with Gasteiger partial charge in [0.25, 0.3) is 0 Å². The van der Waals surface area contributed by atoms with E-state index in [2.05, 4.69) is 17.5 Å². The maximum atomic E-state index is 13.2. The molecule has 4 nitrogen and oxygen atoms in total. The highest BCUT2D eigenvalue weighted by molar-refractivity contribution is 6.02. The molecule has 1 amide bonds. The number of carbonyl (C=O) groups excluding carboxylic acids is 1. The Hall–Kier alpha value is -3.21. The van der Waals surface area contributed by atoms with Gasteiger partial charge in [0, 0.05) is 12.0 Å². The third-order valence-corrected chi connectivity index (χ3v) is 6.13. The first-order chi connectivity index (χ1) is 17.2. The Bertz CT molecular complexity index is 1080. The maximum Gasteiger partial charge on any atom is 0.240 e. The average Bonchev–Trinajstić information content (AvgIpc) is 2.88. The van der Waals surface area contributed by atoms with Crippen LogP contribution in [0.3, 0.4) is 0 Å². The number of unbranched alkanes of at least 4 members (excludes halogenated alkanes) is 8. The van der Waals surface area contributed by atoms with Crippen molar-refractivity contribution in [2.24, 2.45) is 5.10 Å². The number of ether oxygens (including phenoxy) is 1. The van der Waals surface area contributed by atoms with Crippen molar-refractivity contribution in [3.63, 3.8) is 0 Å². The minimum Gasteiger partial charge on any atom is -0.488 e. The summed E-state index contributed by atoms with van der Waals surface area (Å²) in [6.07, 6.45) is 13.1. The van der Waals surface area contributed by atoms with E-state index in [0.717, 1.165) is 34.7 Å². The number of hydrogen-bond acceptors (Lipinski definition) is 3. The summed E-state index contributed by atoms with van der Waals surface area (Å²) in [6.45, 7) is 2.55. The number of fused-ring (bicyclic) bond motifs is 1. The van der Waals surface area contributed by atoms with Gasteiger partial charge in [-0.3, -0.25) is 4.79 Å². The smallest absolute Gasteiger partial charge is 0.240 e. The van der Waals surface area contributed by atoms with Crippen molar-refractivity contribution < 1.29 is 13.9 Å². The first-order valence-electron chi connectivity index (χ1n) is 12.9. The zero-order valence-corrected chi connectivity index (χ0v) is 20.8. The van der Waals surface area contributed by atoms with Crippen LogP contribution in [0.2, 0.25) is 0 Å². The van der Waals surface area contributed by atoms with Crippen molar-refractivity contribution in [3.05, 3.63) is 77.6 Å². The number of amides is 1. The number of rotatable bonds is 15. The molecule has 3 aromatic carbocycles. The fraction of sp³-hybridized carbons (Fsp3) is 0.400. The molecule has 0 saturated heterocycles. The summed E-state index contributed by atoms with van der Waals surface area (Å²) in [6, 6.07) is 18.1. The van der Waals surface area contributed by atoms with Crippen LogP contribution in [0.25, 0.3) is 10.8 Å². The van der Waals surface area contributed by atoms with Crippen LogP contribution in [0.1, 0.15) is 82.3 Å². The normalized spacial score (nSPS) is 11.3. The molecule has 0 aliphatic rings. The SMILES string of the molecule is CCCCCCCCCCCC(=O)N/N=C\c1c(OCc2ccc(F)cc2)ccc2ccccc12. The van der Waals surface area contributed by atoms with E-state index in [1.807, 2.05) is 36.4 Å². The predicted octanol–water partition coefficient (Wildman–Crippen LogP) is 7.93. The number of nitrogens with one attached hydrogen (secondary N) is 1. The topological polar surface area (TPSA) is 50.7 Å². The number of nitrogens with zero attached hydrogens (tertiary/aromatic N) is 1. The van der Waals surface area contributed by atoms with Gasteiger partial charge in [-0.15, -0.1) is 0 Å². The summed E-state index contributed by atoms with van der Waals surface area (Å²) in [5.41, 5.74) is 4.33. The Morgan fingerprint density at radius 3 is 2.31 bits per heavy atom. The van der Waals surface area contributed by atoms with E-state index in [4.69, 9.17) is 4.74 Å². The molecule has 0 heterocycles. The Kier molecular flexibility index (Phi) is 11.3. The van der Waals surface area contributed by atoms with Crippen molar-refractivity contribution in [1.82, 2.24) is 5.43 Å². The number of hydrazone groups is 1. The van der Waals surface area contributed by atoms with Gasteiger partial charge >= 0.3 is 0 Å². The van der Waals surface area contributed by atoms with Crippen LogP contribution < -0.4 is 10.2 Å². The van der Waals surface area contributed by atoms with E-state index < -0.39 is 0 Å². The van der Waals surface area contributed by atoms with Crippen LogP contribution in [0.4, 0.5) is 4.39 Å². The fourth-order valence-electron chi connectivity index (χ4n) is 4.10. The number of halogens is 1. The van der Waals surface area contributed by atoms with Crippen LogP contribution in [0, 0.1) is 5.82 Å². The molecule has 0 spiro atoms. The molecule has 186 valence electrons. The number of hydrogen-bond donors (Lipinski definition) is 1. The van der Waals surface area contributed by atoms with Crippen molar-refractivity contribution in [1.29, 1.82) is 0 Å². The van der Waals surface area contributed by atoms with Crippen LogP contribution in [-0.2, 0) is 11.4 Å². The van der Waals surface area contributed by atoms with Gasteiger partial charge in [0.15, 0.2) is 0 Å². The monoisotopic (exact) mass is 476 g/mol. The molecule has 5 heteroatoms. The van der Waals surface area contributed by atoms with Gasteiger partial charge in [-0.1, -0.05) is 101 Å². The molecule has 0 fully saturated rings. The highest BCUT2D eigenvalue weighted by atomic mass is 19.1. The molecule has 0 atom stereocenters. The number of benzene rings is 3. The molecular weight excluding hydrogens is 439 g/mol. The van der Waals surface area contributed by atoms with Gasteiger partial charge in [-0.2, -0.15) is 5.10 Å². The first kappa shape index (κ1) is 26.4. The summed E-state index contributed by atoms with van der Waals surface area (Å²) >= 11 is 0. The van der Waals surface area contributed by atoms with E-state index in [1.54, 1.807) is 18.3 Å². The molecule has 0 bridgehead atoms. The van der Waals surface area contributed by atoms with Gasteiger partial charge < -0.3 is 4.74 Å². The summed E-state index contributed by atoms with van der Waals surface area (Å²) < 4.78 is 19.2. The predicted molar refractivity (Wildman–Crippen MR) is 142 cm³/mol. The molecule has 0 aliphatic carbocycles. The Morgan fingerprint density at radius 1 is 0.886 bits per heavy atom. The summed E-state index contributed by atoms with van der Waals surface area (Å²) in [5, 5.41) is 6.27. The first-order valence-corrected chi connectivity index (χ1v) is 12.9. The zero-order valence-electron chi connectivity index (χ0n) is 20.8. The van der Waals surface area contributed by atoms with E-state index in [9.17, 15) is 9.18 Å². The minimum atomic E-state index is -0.273. The third-order valence-electron chi connectivity index (χ3n) is 6.13. The molecule has 0 unspecified atom stereocenters. The van der Waals surface area contributed by atoms with Crippen LogP contribution in [0.5, 0.6) is 5.75 Å². The standard InChI is InChI=1S/C30H37FN2O2/c1-2-3-4-5-6-7-8-9-10-15-30(34)33-32-22-28-27-14-12-11-13-25(27)18-21-29(28)35-23-24-16-19-26(31)20-17-24/h11-14,16-22H,2-10,15,23H2,1H3,(H,33,34)/b32-22-. The molecule has 3 aromatic rings. The Morgan fingerprint density at radius 2 is 1.57 bits per heavy atom. The maximum absolute atomic E-state index is 13.2. The second kappa shape index (κ2) is 14.9. The van der Waals surface area contributed by atoms with Gasteiger partial charge in [0.05, 0.1) is 6.21 Å². The van der Waals surface area contributed by atoms with Crippen molar-refractivity contribution in [2.45, 2.75) is 77.7 Å². The van der Waals surface area contributed by atoms with Gasteiger partial charge in [0.1, 0.15) is 18.2 Å². The van der Waals surface area contributed by atoms with Gasteiger partial charge in [0.2, 0.25) is 5.91 Å². The van der Waals surface area contributed by atoms with E-state index in [-0.39, 0.29) is 11.7 Å². The average molecular weight is 477 g/mol. The van der Waals surface area contributed by atoms with Crippen LogP contribution >= 0.6 is 0 Å². The summed E-state index contributed by atoms with van der Waals surface area (Å²) in [5.74, 6) is 0.314. The van der Waals surface area contributed by atoms with E-state index >= 15 is 0 Å². The molecule has 3 rings (SSSR count). The number of carbonyl (C=O) groups is 1. The molecular formula is C30H37FN2O2. The lowest BCUT2D eigenvalue weighted by Crippen LogP contribution is -2.17. The summed E-state index contributed by atoms with van der Waals surface area (Å²) in [4.78, 5) is 12.2. The molecule has 0 radical (unpaired) electrons. The molecule has 0 aromatic heterocycles. The second-order valence-electron chi connectivity index (χ2n) is 8.99. The van der Waals surface area contributed by atoms with Gasteiger partial charge in [-0.05, 0) is 41.0 Å². The highest BCUT2D eigenvalue weighted by Crippen LogP contribution is 2.27. The fourth-order valence-corrected chi connectivity index (χ4v) is 4.10. The molecule has 0 aliphatic heterocycles. The second-order valence-corrected chi connectivity index (χ2v) is 8.99. The van der Waals surface area contributed by atoms with Crippen molar-refractivity contribution >= 4 is 22.9 Å². The lowest BCUT2D eigenvalue weighted by Gasteiger charge is -2.12. The lowest BCUT2D eigenvalue weighted by molar-refractivity contribution is -0.121.